The molecule has 0 N–H and O–H groups in total. The Morgan fingerprint density at radius 3 is 2.78 bits per heavy atom. The summed E-state index contributed by atoms with van der Waals surface area (Å²) < 4.78 is 13.7. The normalized spacial score (nSPS) is 23.5. The molecule has 0 spiro atoms. The lowest BCUT2D eigenvalue weighted by Crippen LogP contribution is -2.41. The fourth-order valence-corrected chi connectivity index (χ4v) is 3.30. The van der Waals surface area contributed by atoms with Crippen molar-refractivity contribution in [1.82, 2.24) is 4.90 Å². The smallest absolute Gasteiger partial charge is 0.310 e. The van der Waals surface area contributed by atoms with Crippen molar-refractivity contribution < 1.29 is 14.0 Å². The maximum Gasteiger partial charge on any atom is 0.332 e. The molecule has 94 valence electrons. The Bertz CT molecular complexity index is 499. The zero-order chi connectivity index (χ0) is 12.7. The molecule has 3 rings (SSSR count). The molecule has 0 radical (unpaired) electrons. The average Bonchev–Trinajstić information content (AvgIpc) is 2.64. The average molecular weight is 266 g/mol. The van der Waals surface area contributed by atoms with E-state index in [9.17, 15) is 14.0 Å². The second kappa shape index (κ2) is 4.28. The summed E-state index contributed by atoms with van der Waals surface area (Å²) in [5.41, 5.74) is 0.0481. The van der Waals surface area contributed by atoms with E-state index in [0.29, 0.717) is 12.3 Å². The molecule has 0 bridgehead atoms. The number of para-hydroxylation sites is 1. The molecule has 0 saturated carbocycles. The maximum atomic E-state index is 13.7. The summed E-state index contributed by atoms with van der Waals surface area (Å²) in [7, 11) is 0. The summed E-state index contributed by atoms with van der Waals surface area (Å²) in [6.45, 7) is 0.546. The second-order valence-electron chi connectivity index (χ2n) is 4.19. The highest BCUT2D eigenvalue weighted by atomic mass is 32.2. The van der Waals surface area contributed by atoms with E-state index in [4.69, 9.17) is 0 Å². The largest absolute Gasteiger partial charge is 0.332 e. The highest BCUT2D eigenvalue weighted by molar-refractivity contribution is 7.99. The van der Waals surface area contributed by atoms with Crippen LogP contribution in [0.3, 0.4) is 0 Å². The zero-order valence-electron chi connectivity index (χ0n) is 9.51. The van der Waals surface area contributed by atoms with Gasteiger partial charge >= 0.3 is 6.03 Å². The van der Waals surface area contributed by atoms with Crippen LogP contribution in [0.5, 0.6) is 0 Å². The molecular formula is C12H11FN2O2S. The molecule has 1 aromatic carbocycles. The molecule has 1 atom stereocenters. The Kier molecular flexibility index (Phi) is 2.74. The van der Waals surface area contributed by atoms with Gasteiger partial charge in [-0.3, -0.25) is 4.79 Å². The van der Waals surface area contributed by atoms with Crippen LogP contribution in [0.2, 0.25) is 0 Å². The first-order valence-electron chi connectivity index (χ1n) is 5.67. The molecule has 6 heteroatoms. The van der Waals surface area contributed by atoms with Crippen molar-refractivity contribution in [1.29, 1.82) is 0 Å². The SMILES string of the molecule is O=C1C2CSCCN2C(=O)N1c1ccccc1F. The minimum atomic E-state index is -0.549. The number of rotatable bonds is 1. The van der Waals surface area contributed by atoms with E-state index in [0.717, 1.165) is 10.7 Å². The lowest BCUT2D eigenvalue weighted by molar-refractivity contribution is -0.119. The van der Waals surface area contributed by atoms with Crippen LogP contribution in [0.15, 0.2) is 24.3 Å². The lowest BCUT2D eigenvalue weighted by atomic mass is 10.2. The highest BCUT2D eigenvalue weighted by Gasteiger charge is 2.47. The van der Waals surface area contributed by atoms with E-state index >= 15 is 0 Å². The standard InChI is InChI=1S/C12H11FN2O2S/c13-8-3-1-2-4-9(8)15-11(16)10-7-18-6-5-14(10)12(15)17/h1-4,10H,5-7H2. The van der Waals surface area contributed by atoms with Crippen LogP contribution >= 0.6 is 11.8 Å². The second-order valence-corrected chi connectivity index (χ2v) is 5.34. The van der Waals surface area contributed by atoms with Gasteiger partial charge in [0.2, 0.25) is 0 Å². The molecule has 2 heterocycles. The summed E-state index contributed by atoms with van der Waals surface area (Å²) in [4.78, 5) is 26.8. The van der Waals surface area contributed by atoms with Crippen molar-refractivity contribution in [3.63, 3.8) is 0 Å². The first kappa shape index (κ1) is 11.5. The fourth-order valence-electron chi connectivity index (χ4n) is 2.26. The Morgan fingerprint density at radius 2 is 2.06 bits per heavy atom. The number of fused-ring (bicyclic) bond motifs is 1. The monoisotopic (exact) mass is 266 g/mol. The summed E-state index contributed by atoms with van der Waals surface area (Å²) in [6, 6.07) is 5.02. The minimum absolute atomic E-state index is 0.0481. The van der Waals surface area contributed by atoms with Crippen LogP contribution in [0, 0.1) is 5.82 Å². The van der Waals surface area contributed by atoms with Gasteiger partial charge in [0.25, 0.3) is 5.91 Å². The Morgan fingerprint density at radius 1 is 1.28 bits per heavy atom. The Balaban J connectivity index is 2.00. The molecule has 1 aromatic rings. The van der Waals surface area contributed by atoms with Gasteiger partial charge in [0.05, 0.1) is 5.69 Å². The molecule has 2 saturated heterocycles. The van der Waals surface area contributed by atoms with Gasteiger partial charge in [-0.1, -0.05) is 12.1 Å². The van der Waals surface area contributed by atoms with Crippen LogP contribution in [-0.4, -0.2) is 40.9 Å². The summed E-state index contributed by atoms with van der Waals surface area (Å²) >= 11 is 1.64. The number of amides is 3. The minimum Gasteiger partial charge on any atom is -0.310 e. The van der Waals surface area contributed by atoms with Gasteiger partial charge in [-0.25, -0.2) is 14.1 Å². The van der Waals surface area contributed by atoms with E-state index in [-0.39, 0.29) is 11.6 Å². The predicted octanol–water partition coefficient (Wildman–Crippen LogP) is 1.71. The number of imide groups is 1. The Labute approximate surface area is 108 Å². The zero-order valence-corrected chi connectivity index (χ0v) is 10.3. The van der Waals surface area contributed by atoms with Gasteiger partial charge in [-0.2, -0.15) is 11.8 Å². The third kappa shape index (κ3) is 1.59. The molecule has 3 amide bonds. The molecule has 2 aliphatic heterocycles. The molecule has 2 aliphatic rings. The molecule has 0 aliphatic carbocycles. The number of halogens is 1. The first-order valence-corrected chi connectivity index (χ1v) is 6.82. The van der Waals surface area contributed by atoms with E-state index in [1.807, 2.05) is 0 Å². The summed E-state index contributed by atoms with van der Waals surface area (Å²) in [5, 5.41) is 0. The molecular weight excluding hydrogens is 255 g/mol. The highest BCUT2D eigenvalue weighted by Crippen LogP contribution is 2.30. The van der Waals surface area contributed by atoms with Crippen molar-refractivity contribution in [2.24, 2.45) is 0 Å². The molecule has 2 fully saturated rings. The molecule has 0 aromatic heterocycles. The van der Waals surface area contributed by atoms with Crippen LogP contribution in [0.25, 0.3) is 0 Å². The van der Waals surface area contributed by atoms with E-state index in [1.54, 1.807) is 17.8 Å². The van der Waals surface area contributed by atoms with Crippen molar-refractivity contribution in [2.45, 2.75) is 6.04 Å². The summed E-state index contributed by atoms with van der Waals surface area (Å²) in [6.07, 6.45) is 0. The quantitative estimate of drug-likeness (QED) is 0.727. The van der Waals surface area contributed by atoms with E-state index in [1.165, 1.54) is 23.1 Å². The third-order valence-electron chi connectivity index (χ3n) is 3.16. The van der Waals surface area contributed by atoms with Crippen molar-refractivity contribution in [3.8, 4) is 0 Å². The summed E-state index contributed by atoms with van der Waals surface area (Å²) in [5.74, 6) is 0.542. The van der Waals surface area contributed by atoms with Crippen molar-refractivity contribution in [2.75, 3.05) is 23.0 Å². The lowest BCUT2D eigenvalue weighted by Gasteiger charge is -2.25. The van der Waals surface area contributed by atoms with E-state index < -0.39 is 17.9 Å². The van der Waals surface area contributed by atoms with Gasteiger partial charge in [-0.15, -0.1) is 0 Å². The van der Waals surface area contributed by atoms with Gasteiger partial charge in [0, 0.05) is 18.1 Å². The van der Waals surface area contributed by atoms with Crippen molar-refractivity contribution >= 4 is 29.4 Å². The predicted molar refractivity (Wildman–Crippen MR) is 67.1 cm³/mol. The van der Waals surface area contributed by atoms with Gasteiger partial charge < -0.3 is 4.90 Å². The fraction of sp³-hybridized carbons (Fsp3) is 0.333. The number of nitrogens with zero attached hydrogens (tertiary/aromatic N) is 2. The number of carbonyl (C=O) groups is 2. The number of urea groups is 1. The number of anilines is 1. The topological polar surface area (TPSA) is 40.6 Å². The molecule has 4 nitrogen and oxygen atoms in total. The van der Waals surface area contributed by atoms with Crippen LogP contribution in [-0.2, 0) is 4.79 Å². The van der Waals surface area contributed by atoms with Crippen LogP contribution < -0.4 is 4.90 Å². The van der Waals surface area contributed by atoms with Gasteiger partial charge in [0.1, 0.15) is 11.9 Å². The number of benzene rings is 1. The number of hydrogen-bond acceptors (Lipinski definition) is 3. The number of carbonyl (C=O) groups excluding carboxylic acids is 2. The number of thioether (sulfide) groups is 1. The van der Waals surface area contributed by atoms with E-state index in [2.05, 4.69) is 0 Å². The molecule has 1 unspecified atom stereocenters. The maximum absolute atomic E-state index is 13.7. The number of hydrogen-bond donors (Lipinski definition) is 0. The third-order valence-corrected chi connectivity index (χ3v) is 4.19. The van der Waals surface area contributed by atoms with Crippen molar-refractivity contribution in [3.05, 3.63) is 30.1 Å². The van der Waals surface area contributed by atoms with Gasteiger partial charge in [-0.05, 0) is 12.1 Å². The first-order chi connectivity index (χ1) is 8.70. The molecule has 18 heavy (non-hydrogen) atoms. The van der Waals surface area contributed by atoms with Crippen LogP contribution in [0.1, 0.15) is 0 Å². The Hall–Kier alpha value is -1.56. The van der Waals surface area contributed by atoms with Crippen LogP contribution in [0.4, 0.5) is 14.9 Å². The van der Waals surface area contributed by atoms with Gasteiger partial charge in [0.15, 0.2) is 0 Å².